The Kier molecular flexibility index (Phi) is 7.01. The molecule has 2 N–H and O–H groups in total. The highest BCUT2D eigenvalue weighted by Crippen LogP contribution is 2.41. The number of nitrogens with one attached hydrogen (secondary N) is 1. The van der Waals surface area contributed by atoms with E-state index in [9.17, 15) is 9.59 Å². The van der Waals surface area contributed by atoms with E-state index < -0.39 is 0 Å². The summed E-state index contributed by atoms with van der Waals surface area (Å²) in [6, 6.07) is 7.22. The van der Waals surface area contributed by atoms with Gasteiger partial charge in [-0.2, -0.15) is 0 Å². The summed E-state index contributed by atoms with van der Waals surface area (Å²) >= 11 is 0. The van der Waals surface area contributed by atoms with Crippen molar-refractivity contribution in [3.05, 3.63) is 41.5 Å². The van der Waals surface area contributed by atoms with Gasteiger partial charge in [-0.25, -0.2) is 0 Å². The lowest BCUT2D eigenvalue weighted by Gasteiger charge is -2.32. The molecular formula is C21H28N6O4. The van der Waals surface area contributed by atoms with Crippen molar-refractivity contribution in [3.8, 4) is 0 Å². The van der Waals surface area contributed by atoms with E-state index in [4.69, 9.17) is 9.90 Å². The number of rotatable bonds is 5. The zero-order valence-corrected chi connectivity index (χ0v) is 18.0. The lowest BCUT2D eigenvalue weighted by molar-refractivity contribution is -0.123. The van der Waals surface area contributed by atoms with Crippen LogP contribution in [-0.2, 0) is 16.1 Å². The number of aromatic nitrogens is 3. The Morgan fingerprint density at radius 2 is 1.87 bits per heavy atom. The monoisotopic (exact) mass is 428 g/mol. The van der Waals surface area contributed by atoms with Gasteiger partial charge in [-0.05, 0) is 58.1 Å². The smallest absolute Gasteiger partial charge is 0.290 e. The number of nitrogens with zero attached hydrogens (tertiary/aromatic N) is 5. The number of benzene rings is 1. The molecule has 0 spiro atoms. The fourth-order valence-corrected chi connectivity index (χ4v) is 3.70. The molecule has 0 radical (unpaired) electrons. The Bertz CT molecular complexity index is 936. The van der Waals surface area contributed by atoms with Gasteiger partial charge in [0.2, 0.25) is 5.91 Å². The van der Waals surface area contributed by atoms with Crippen LogP contribution in [0, 0.1) is 0 Å². The third kappa shape index (κ3) is 5.46. The van der Waals surface area contributed by atoms with Gasteiger partial charge in [0.15, 0.2) is 5.82 Å². The minimum Gasteiger partial charge on any atom is -0.483 e. The molecule has 1 fully saturated rings. The predicted octanol–water partition coefficient (Wildman–Crippen LogP) is 1.57. The number of amides is 2. The van der Waals surface area contributed by atoms with Crippen molar-refractivity contribution >= 4 is 24.0 Å². The summed E-state index contributed by atoms with van der Waals surface area (Å²) in [4.78, 5) is 36.8. The van der Waals surface area contributed by atoms with E-state index in [1.165, 1.54) is 12.8 Å². The number of carbonyl (C=O) groups is 3. The molecule has 4 rings (SSSR count). The maximum Gasteiger partial charge on any atom is 0.290 e. The number of hydrogen-bond donors (Lipinski definition) is 2. The Hall–Kier alpha value is -3.27. The van der Waals surface area contributed by atoms with Gasteiger partial charge in [-0.15, -0.1) is 10.2 Å². The molecule has 31 heavy (non-hydrogen) atoms. The zero-order chi connectivity index (χ0) is 22.5. The molecule has 1 aromatic heterocycles. The number of hydrogen-bond acceptors (Lipinski definition) is 6. The second-order valence-electron chi connectivity index (χ2n) is 8.12. The average Bonchev–Trinajstić information content (AvgIpc) is 3.47. The summed E-state index contributed by atoms with van der Waals surface area (Å²) in [6.45, 7) is 3.30. The molecule has 2 amide bonds. The number of carboxylic acid groups (broad SMARTS) is 1. The van der Waals surface area contributed by atoms with E-state index in [0.717, 1.165) is 11.6 Å². The largest absolute Gasteiger partial charge is 0.483 e. The Balaban J connectivity index is 0.000000858. The molecule has 1 saturated carbocycles. The first-order valence-corrected chi connectivity index (χ1v) is 10.2. The SMILES string of the molecule is C[C@H]1CN(C(=O)c2ccc(NC(=O)CN(C)C)cc2)Cc2nnc(C3CC3)n21.O=CO. The van der Waals surface area contributed by atoms with Crippen molar-refractivity contribution in [2.75, 3.05) is 32.5 Å². The minimum atomic E-state index is -0.250. The minimum absolute atomic E-state index is 0.0276. The van der Waals surface area contributed by atoms with Gasteiger partial charge in [0.25, 0.3) is 12.4 Å². The maximum atomic E-state index is 13.0. The van der Waals surface area contributed by atoms with Crippen LogP contribution in [0.4, 0.5) is 5.69 Å². The fourth-order valence-electron chi connectivity index (χ4n) is 3.70. The molecule has 2 heterocycles. The second-order valence-corrected chi connectivity index (χ2v) is 8.12. The molecular weight excluding hydrogens is 400 g/mol. The lowest BCUT2D eigenvalue weighted by Crippen LogP contribution is -2.40. The van der Waals surface area contributed by atoms with Crippen LogP contribution in [0.1, 0.15) is 53.7 Å². The Labute approximate surface area is 180 Å². The highest BCUT2D eigenvalue weighted by atomic mass is 16.3. The molecule has 1 aromatic carbocycles. The molecule has 1 aliphatic heterocycles. The molecule has 1 atom stereocenters. The van der Waals surface area contributed by atoms with Gasteiger partial charge in [0.1, 0.15) is 5.82 Å². The van der Waals surface area contributed by atoms with Gasteiger partial charge in [-0.3, -0.25) is 14.4 Å². The fraction of sp³-hybridized carbons (Fsp3) is 0.476. The van der Waals surface area contributed by atoms with Gasteiger partial charge in [-0.1, -0.05) is 0 Å². The number of carbonyl (C=O) groups excluding carboxylic acids is 2. The number of anilines is 1. The molecule has 0 unspecified atom stereocenters. The Morgan fingerprint density at radius 3 is 2.45 bits per heavy atom. The first kappa shape index (κ1) is 22.4. The van der Waals surface area contributed by atoms with Gasteiger partial charge in [0, 0.05) is 23.7 Å². The maximum absolute atomic E-state index is 13.0. The van der Waals surface area contributed by atoms with Gasteiger partial charge >= 0.3 is 0 Å². The number of fused-ring (bicyclic) bond motifs is 1. The molecule has 0 bridgehead atoms. The highest BCUT2D eigenvalue weighted by Gasteiger charge is 2.35. The van der Waals surface area contributed by atoms with E-state index in [1.54, 1.807) is 29.2 Å². The summed E-state index contributed by atoms with van der Waals surface area (Å²) in [7, 11) is 3.69. The van der Waals surface area contributed by atoms with Crippen LogP contribution in [0.2, 0.25) is 0 Å². The van der Waals surface area contributed by atoms with Crippen LogP contribution < -0.4 is 5.32 Å². The van der Waals surface area contributed by atoms with Crippen LogP contribution in [0.25, 0.3) is 0 Å². The van der Waals surface area contributed by atoms with Crippen molar-refractivity contribution in [2.45, 2.75) is 38.3 Å². The average molecular weight is 428 g/mol. The first-order chi connectivity index (χ1) is 14.8. The third-order valence-corrected chi connectivity index (χ3v) is 5.16. The zero-order valence-electron chi connectivity index (χ0n) is 18.0. The summed E-state index contributed by atoms with van der Waals surface area (Å²) in [6.07, 6.45) is 2.37. The predicted molar refractivity (Wildman–Crippen MR) is 114 cm³/mol. The molecule has 1 aliphatic carbocycles. The van der Waals surface area contributed by atoms with Crippen LogP contribution in [0.3, 0.4) is 0 Å². The van der Waals surface area contributed by atoms with Crippen molar-refractivity contribution in [2.24, 2.45) is 0 Å². The molecule has 10 heteroatoms. The lowest BCUT2D eigenvalue weighted by atomic mass is 10.1. The molecule has 2 aromatic rings. The normalized spacial score (nSPS) is 17.4. The second kappa shape index (κ2) is 9.69. The van der Waals surface area contributed by atoms with Crippen molar-refractivity contribution < 1.29 is 19.5 Å². The highest BCUT2D eigenvalue weighted by molar-refractivity contribution is 5.96. The Morgan fingerprint density at radius 1 is 1.23 bits per heavy atom. The first-order valence-electron chi connectivity index (χ1n) is 10.2. The quantitative estimate of drug-likeness (QED) is 0.694. The van der Waals surface area contributed by atoms with Crippen LogP contribution in [-0.4, -0.2) is 75.1 Å². The van der Waals surface area contributed by atoms with Crippen molar-refractivity contribution in [1.82, 2.24) is 24.6 Å². The van der Waals surface area contributed by atoms with Crippen LogP contribution in [0.5, 0.6) is 0 Å². The van der Waals surface area contributed by atoms with Gasteiger partial charge in [0.05, 0.1) is 19.1 Å². The van der Waals surface area contributed by atoms with E-state index in [1.807, 2.05) is 19.0 Å². The molecule has 166 valence electrons. The molecule has 10 nitrogen and oxygen atoms in total. The van der Waals surface area contributed by atoms with E-state index >= 15 is 0 Å². The summed E-state index contributed by atoms with van der Waals surface area (Å²) in [5, 5.41) is 18.4. The molecule has 0 saturated heterocycles. The van der Waals surface area contributed by atoms with Crippen LogP contribution >= 0.6 is 0 Å². The molecule has 2 aliphatic rings. The van der Waals surface area contributed by atoms with E-state index in [-0.39, 0.29) is 24.3 Å². The topological polar surface area (TPSA) is 121 Å². The van der Waals surface area contributed by atoms with E-state index in [2.05, 4.69) is 27.0 Å². The standard InChI is InChI=1S/C20H26N6O2.CH2O2/c1-13-10-25(11-17-22-23-19(26(13)17)14-4-5-14)20(28)15-6-8-16(9-7-15)21-18(27)12-24(2)3;2-1-3/h6-9,13-14H,4-5,10-12H2,1-3H3,(H,21,27);1H,(H,2,3)/t13-;/m0./s1. The van der Waals surface area contributed by atoms with Crippen molar-refractivity contribution in [1.29, 1.82) is 0 Å². The summed E-state index contributed by atoms with van der Waals surface area (Å²) in [5.74, 6) is 2.37. The summed E-state index contributed by atoms with van der Waals surface area (Å²) in [5.41, 5.74) is 1.29. The van der Waals surface area contributed by atoms with E-state index in [0.29, 0.717) is 36.8 Å². The third-order valence-electron chi connectivity index (χ3n) is 5.16. The summed E-state index contributed by atoms with van der Waals surface area (Å²) < 4.78 is 2.21. The van der Waals surface area contributed by atoms with Crippen molar-refractivity contribution in [3.63, 3.8) is 0 Å². The van der Waals surface area contributed by atoms with Crippen LogP contribution in [0.15, 0.2) is 24.3 Å². The number of likely N-dealkylation sites (N-methyl/N-ethyl adjacent to an activating group) is 1. The van der Waals surface area contributed by atoms with Gasteiger partial charge < -0.3 is 24.8 Å².